The molecule has 0 aliphatic rings. The van der Waals surface area contributed by atoms with E-state index < -0.39 is 43.7 Å². The van der Waals surface area contributed by atoms with E-state index in [0.717, 1.165) is 48.0 Å². The number of hydrogen-bond donors (Lipinski definition) is 2. The maximum atomic E-state index is 12.0. The fraction of sp³-hybridized carbons (Fsp3) is 0.750. The highest BCUT2D eigenvalue weighted by atomic mass is 32.3. The Bertz CT molecular complexity index is 1520. The van der Waals surface area contributed by atoms with Gasteiger partial charge in [-0.25, -0.2) is 10.0 Å². The topological polar surface area (TPSA) is 155 Å². The van der Waals surface area contributed by atoms with Gasteiger partial charge >= 0.3 is 17.9 Å². The molecule has 61 heavy (non-hydrogen) atoms. The molecule has 0 aliphatic carbocycles. The van der Waals surface area contributed by atoms with Crippen molar-refractivity contribution >= 4 is 44.5 Å². The third-order valence-electron chi connectivity index (χ3n) is 11.2. The number of ether oxygens (including phenoxy) is 4. The molecule has 0 saturated carbocycles. The van der Waals surface area contributed by atoms with E-state index in [-0.39, 0.29) is 59.8 Å². The number of carbonyl (C=O) groups excluding carboxylic acids is 3. The number of aromatic hydroxyl groups is 1. The predicted octanol–water partition coefficient (Wildman–Crippen LogP) is 10.4. The highest BCUT2D eigenvalue weighted by molar-refractivity contribution is 8.35. The molecule has 2 unspecified atom stereocenters. The molecule has 0 saturated heterocycles. The average molecular weight is 903 g/mol. The van der Waals surface area contributed by atoms with Crippen molar-refractivity contribution in [2.45, 2.75) is 155 Å². The summed E-state index contributed by atoms with van der Waals surface area (Å²) in [7, 11) is -1.11. The number of methoxy groups -OCH3 is 1. The first kappa shape index (κ1) is 58.4. The van der Waals surface area contributed by atoms with Crippen molar-refractivity contribution < 1.29 is 52.5 Å². The summed E-state index contributed by atoms with van der Waals surface area (Å²) in [4.78, 5) is 45.5. The van der Waals surface area contributed by atoms with Crippen LogP contribution >= 0.6 is 20.3 Å². The van der Waals surface area contributed by atoms with Crippen LogP contribution in [-0.4, -0.2) is 115 Å². The molecule has 0 radical (unpaired) electrons. The summed E-state index contributed by atoms with van der Waals surface area (Å²) in [6.07, 6.45) is 20.0. The van der Waals surface area contributed by atoms with Crippen LogP contribution in [0.25, 0.3) is 0 Å². The monoisotopic (exact) mass is 903 g/mol. The van der Waals surface area contributed by atoms with Crippen LogP contribution in [0.5, 0.6) is 5.75 Å². The fourth-order valence-corrected chi connectivity index (χ4v) is 11.3. The standard InChI is InChI=1S/C31H60O9S2.C17H26O2/c1-12-14-19-31(6,18-13-2)42(10,11)40-29(3,4)41(8,9)23-15-20-37-21-22-38-26(32)16-17-27(33)39-25-30(5,24-36-7)28(34)35;1-16(2,3)13-10-12(8-7-9-18)11-14(15(13)19)17(4,5)6/h13,18H,12,14-17,19-25H2,1-11H3,(H,34,35);9-11,19H,7-8H2,1-6H3. The predicted molar refractivity (Wildman–Crippen MR) is 256 cm³/mol. The first-order valence-corrected chi connectivity index (χ1v) is 26.6. The molecule has 0 bridgehead atoms. The SMILES string of the molecule is CC(C)(C)c1cc(CCC=O)cc(C(C)(C)C)c1O.CC=CC(C)(CCCC)S(C)(C)OC(C)(C)S(C)(C)CCCOCCOC(=O)CCC(=O)OCC(C)(COC)C(=O)O. The first-order valence-electron chi connectivity index (χ1n) is 21.6. The summed E-state index contributed by atoms with van der Waals surface area (Å²) in [5.41, 5.74) is 1.48. The second-order valence-corrected chi connectivity index (χ2v) is 27.8. The van der Waals surface area contributed by atoms with Crippen LogP contribution in [0, 0.1) is 5.41 Å². The number of phenols is 1. The number of aliphatic carboxylic acids is 1. The molecular formula is C48H86O11S2. The molecular weight excluding hydrogens is 817 g/mol. The highest BCUT2D eigenvalue weighted by Gasteiger charge is 2.43. The Hall–Kier alpha value is -2.58. The number of carboxylic acid groups (broad SMARTS) is 1. The second-order valence-electron chi connectivity index (χ2n) is 19.8. The van der Waals surface area contributed by atoms with Gasteiger partial charge in [0.05, 0.1) is 26.1 Å². The lowest BCUT2D eigenvalue weighted by Crippen LogP contribution is -2.40. The van der Waals surface area contributed by atoms with Crippen molar-refractivity contribution in [2.75, 3.05) is 70.9 Å². The number of phenolic OH excluding ortho intramolecular Hbond substituents is 1. The third-order valence-corrected chi connectivity index (χ3v) is 18.8. The summed E-state index contributed by atoms with van der Waals surface area (Å²) in [5, 5.41) is 19.8. The molecule has 0 aliphatic heterocycles. The van der Waals surface area contributed by atoms with E-state index >= 15 is 0 Å². The van der Waals surface area contributed by atoms with E-state index in [9.17, 15) is 29.4 Å². The molecule has 1 rings (SSSR count). The minimum absolute atomic E-state index is 0.0250. The minimum atomic E-state index is -1.38. The van der Waals surface area contributed by atoms with Gasteiger partial charge in [0.25, 0.3) is 0 Å². The van der Waals surface area contributed by atoms with E-state index in [0.29, 0.717) is 18.8 Å². The third kappa shape index (κ3) is 19.8. The lowest BCUT2D eigenvalue weighted by molar-refractivity contribution is -0.162. The molecule has 0 spiro atoms. The van der Waals surface area contributed by atoms with Crippen molar-refractivity contribution in [2.24, 2.45) is 5.41 Å². The maximum Gasteiger partial charge on any atom is 0.315 e. The molecule has 1 aromatic carbocycles. The van der Waals surface area contributed by atoms with Crippen LogP contribution in [0.3, 0.4) is 0 Å². The number of hydrogen-bond acceptors (Lipinski definition) is 10. The van der Waals surface area contributed by atoms with Gasteiger partial charge in [-0.15, -0.1) is 10.3 Å². The maximum absolute atomic E-state index is 12.0. The minimum Gasteiger partial charge on any atom is -0.507 e. The normalized spacial score (nSPS) is 15.2. The van der Waals surface area contributed by atoms with E-state index in [1.54, 1.807) is 0 Å². The van der Waals surface area contributed by atoms with Crippen molar-refractivity contribution in [3.8, 4) is 5.75 Å². The summed E-state index contributed by atoms with van der Waals surface area (Å²) < 4.78 is 27.8. The lowest BCUT2D eigenvalue weighted by atomic mass is 9.78. The Balaban J connectivity index is 0.00000157. The van der Waals surface area contributed by atoms with Crippen molar-refractivity contribution in [1.82, 2.24) is 0 Å². The van der Waals surface area contributed by atoms with Crippen LogP contribution in [0.4, 0.5) is 0 Å². The molecule has 356 valence electrons. The number of rotatable bonds is 26. The second kappa shape index (κ2) is 25.6. The summed E-state index contributed by atoms with van der Waals surface area (Å²) in [5.74, 6) is -0.935. The van der Waals surface area contributed by atoms with E-state index in [1.807, 2.05) is 12.1 Å². The van der Waals surface area contributed by atoms with Crippen LogP contribution in [0.1, 0.15) is 145 Å². The fourth-order valence-electron chi connectivity index (χ4n) is 6.43. The molecule has 2 atom stereocenters. The number of allylic oxidation sites excluding steroid dienone is 1. The van der Waals surface area contributed by atoms with Crippen LogP contribution in [0.15, 0.2) is 24.3 Å². The van der Waals surface area contributed by atoms with Crippen LogP contribution < -0.4 is 0 Å². The zero-order valence-corrected chi connectivity index (χ0v) is 42.8. The Kier molecular flexibility index (Phi) is 24.6. The molecule has 0 heterocycles. The quantitative estimate of drug-likeness (QED) is 0.0395. The Morgan fingerprint density at radius 1 is 0.787 bits per heavy atom. The zero-order chi connectivity index (χ0) is 47.5. The van der Waals surface area contributed by atoms with Gasteiger partial charge in [-0.3, -0.25) is 14.4 Å². The van der Waals surface area contributed by atoms with Gasteiger partial charge in [0.15, 0.2) is 0 Å². The van der Waals surface area contributed by atoms with Crippen molar-refractivity contribution in [3.63, 3.8) is 0 Å². The van der Waals surface area contributed by atoms with Gasteiger partial charge in [-0.1, -0.05) is 85.6 Å². The number of carboxylic acids is 1. The van der Waals surface area contributed by atoms with Crippen LogP contribution in [-0.2, 0) is 59.6 Å². The Morgan fingerprint density at radius 2 is 1.33 bits per heavy atom. The largest absolute Gasteiger partial charge is 0.507 e. The van der Waals surface area contributed by atoms with E-state index in [2.05, 4.69) is 113 Å². The number of aldehydes is 1. The van der Waals surface area contributed by atoms with Crippen molar-refractivity contribution in [1.29, 1.82) is 0 Å². The summed E-state index contributed by atoms with van der Waals surface area (Å²) in [6.45, 7) is 25.6. The summed E-state index contributed by atoms with van der Waals surface area (Å²) >= 11 is 0. The summed E-state index contributed by atoms with van der Waals surface area (Å²) in [6, 6.07) is 4.07. The molecule has 11 nitrogen and oxygen atoms in total. The smallest absolute Gasteiger partial charge is 0.315 e. The number of esters is 2. The van der Waals surface area contributed by atoms with Gasteiger partial charge in [0.2, 0.25) is 0 Å². The van der Waals surface area contributed by atoms with Gasteiger partial charge in [-0.2, -0.15) is 0 Å². The first-order chi connectivity index (χ1) is 27.9. The molecule has 2 N–H and O–H groups in total. The van der Waals surface area contributed by atoms with Gasteiger partial charge < -0.3 is 38.1 Å². The Labute approximate surface area is 373 Å². The van der Waals surface area contributed by atoms with Gasteiger partial charge in [0.1, 0.15) is 35.6 Å². The number of unbranched alkanes of at least 4 members (excludes halogenated alkanes) is 1. The highest BCUT2D eigenvalue weighted by Crippen LogP contribution is 2.65. The number of aryl methyl sites for hydroxylation is 1. The van der Waals surface area contributed by atoms with Crippen molar-refractivity contribution in [3.05, 3.63) is 41.0 Å². The van der Waals surface area contributed by atoms with Gasteiger partial charge in [-0.05, 0) is 112 Å². The Morgan fingerprint density at radius 3 is 1.79 bits per heavy atom. The van der Waals surface area contributed by atoms with Gasteiger partial charge in [0, 0.05) is 24.9 Å². The van der Waals surface area contributed by atoms with Crippen LogP contribution in [0.2, 0.25) is 0 Å². The molecule has 0 aromatic heterocycles. The lowest BCUT2D eigenvalue weighted by Gasteiger charge is -2.56. The van der Waals surface area contributed by atoms with E-state index in [1.165, 1.54) is 26.9 Å². The molecule has 13 heteroatoms. The molecule has 1 aromatic rings. The number of carbonyl (C=O) groups is 4. The zero-order valence-electron chi connectivity index (χ0n) is 41.2. The van der Waals surface area contributed by atoms with E-state index in [4.69, 9.17) is 23.1 Å². The molecule has 0 fully saturated rings. The number of benzene rings is 1. The average Bonchev–Trinajstić information content (AvgIpc) is 3.13. The molecule has 0 amide bonds.